The van der Waals surface area contributed by atoms with E-state index in [2.05, 4.69) is 38.4 Å². The number of nitrogens with one attached hydrogen (secondary N) is 1. The zero-order valence-electron chi connectivity index (χ0n) is 11.7. The molecule has 2 aromatic carbocycles. The summed E-state index contributed by atoms with van der Waals surface area (Å²) in [5.74, 6) is 1.83. The van der Waals surface area contributed by atoms with Gasteiger partial charge in [0.1, 0.15) is 11.5 Å². The molecule has 0 atom stereocenters. The average Bonchev–Trinajstić information content (AvgIpc) is 2.55. The molecule has 0 saturated carbocycles. The van der Waals surface area contributed by atoms with Crippen molar-refractivity contribution in [2.24, 2.45) is 0 Å². The Labute approximate surface area is 137 Å². The number of rotatable bonds is 2. The highest BCUT2D eigenvalue weighted by Crippen LogP contribution is 2.41. The summed E-state index contributed by atoms with van der Waals surface area (Å²) >= 11 is 3.55. The van der Waals surface area contributed by atoms with Gasteiger partial charge in [-0.15, -0.1) is 0 Å². The van der Waals surface area contributed by atoms with Crippen molar-refractivity contribution < 1.29 is 4.74 Å². The van der Waals surface area contributed by atoms with E-state index in [1.165, 1.54) is 11.1 Å². The number of para-hydroxylation sites is 1. The molecule has 1 aromatic heterocycles. The molecule has 0 radical (unpaired) electrons. The minimum absolute atomic E-state index is 0.868. The fourth-order valence-electron chi connectivity index (χ4n) is 2.62. The number of hydrogen-bond donors (Lipinski definition) is 1. The summed E-state index contributed by atoms with van der Waals surface area (Å²) < 4.78 is 7.02. The molecular weight excluding hydrogens is 340 g/mol. The maximum absolute atomic E-state index is 6.03. The maximum atomic E-state index is 6.03. The third-order valence-electron chi connectivity index (χ3n) is 3.65. The molecule has 0 bridgehead atoms. The van der Waals surface area contributed by atoms with Crippen LogP contribution in [0.1, 0.15) is 11.1 Å². The van der Waals surface area contributed by atoms with Gasteiger partial charge in [-0.25, -0.2) is 0 Å². The second kappa shape index (κ2) is 5.46. The Bertz CT molecular complexity index is 834. The number of anilines is 2. The van der Waals surface area contributed by atoms with E-state index in [0.717, 1.165) is 33.8 Å². The average molecular weight is 353 g/mol. The van der Waals surface area contributed by atoms with Gasteiger partial charge >= 0.3 is 0 Å². The molecule has 0 amide bonds. The Morgan fingerprint density at radius 2 is 1.95 bits per heavy atom. The Morgan fingerprint density at radius 3 is 2.82 bits per heavy atom. The molecule has 0 fully saturated rings. The highest BCUT2D eigenvalue weighted by Gasteiger charge is 2.19. The molecule has 4 heteroatoms. The molecule has 4 rings (SSSR count). The van der Waals surface area contributed by atoms with Gasteiger partial charge in [0.25, 0.3) is 0 Å². The van der Waals surface area contributed by atoms with Crippen LogP contribution in [0.3, 0.4) is 0 Å². The van der Waals surface area contributed by atoms with Gasteiger partial charge in [0, 0.05) is 29.4 Å². The number of nitrogens with zero attached hydrogens (tertiary/aromatic N) is 1. The first-order valence-corrected chi connectivity index (χ1v) is 7.84. The zero-order chi connectivity index (χ0) is 14.9. The van der Waals surface area contributed by atoms with Crippen LogP contribution in [0.5, 0.6) is 11.5 Å². The van der Waals surface area contributed by atoms with Crippen LogP contribution in [0.25, 0.3) is 0 Å². The molecule has 3 nitrogen and oxygen atoms in total. The largest absolute Gasteiger partial charge is 0.456 e. The second-order valence-corrected chi connectivity index (χ2v) is 6.05. The number of aromatic nitrogens is 1. The molecule has 1 aliphatic heterocycles. The number of ether oxygens (including phenoxy) is 1. The van der Waals surface area contributed by atoms with E-state index in [1.54, 1.807) is 6.20 Å². The molecular formula is C18H13BrN2O. The van der Waals surface area contributed by atoms with E-state index in [4.69, 9.17) is 4.74 Å². The first-order valence-electron chi connectivity index (χ1n) is 7.05. The van der Waals surface area contributed by atoms with Crippen molar-refractivity contribution in [3.63, 3.8) is 0 Å². The highest BCUT2D eigenvalue weighted by atomic mass is 79.9. The van der Waals surface area contributed by atoms with E-state index in [1.807, 2.05) is 42.6 Å². The van der Waals surface area contributed by atoms with Crippen molar-refractivity contribution >= 4 is 27.3 Å². The monoisotopic (exact) mass is 352 g/mol. The minimum Gasteiger partial charge on any atom is -0.456 e. The number of fused-ring (bicyclic) bond motifs is 2. The molecule has 22 heavy (non-hydrogen) atoms. The van der Waals surface area contributed by atoms with Gasteiger partial charge in [0.15, 0.2) is 0 Å². The van der Waals surface area contributed by atoms with Crippen LogP contribution in [-0.2, 0) is 6.42 Å². The fourth-order valence-corrected chi connectivity index (χ4v) is 3.11. The van der Waals surface area contributed by atoms with Gasteiger partial charge in [-0.2, -0.15) is 0 Å². The molecule has 2 heterocycles. The normalized spacial score (nSPS) is 12.0. The first-order chi connectivity index (χ1) is 10.8. The van der Waals surface area contributed by atoms with Gasteiger partial charge in [0.2, 0.25) is 0 Å². The van der Waals surface area contributed by atoms with E-state index in [9.17, 15) is 0 Å². The summed E-state index contributed by atoms with van der Waals surface area (Å²) in [6.45, 7) is 0. The Hall–Kier alpha value is -2.33. The van der Waals surface area contributed by atoms with E-state index in [0.29, 0.717) is 0 Å². The summed E-state index contributed by atoms with van der Waals surface area (Å²) in [4.78, 5) is 4.12. The van der Waals surface area contributed by atoms with Crippen LogP contribution >= 0.6 is 15.9 Å². The van der Waals surface area contributed by atoms with Crippen LogP contribution in [0.2, 0.25) is 0 Å². The molecule has 0 saturated heterocycles. The maximum Gasteiger partial charge on any atom is 0.145 e. The predicted molar refractivity (Wildman–Crippen MR) is 91.0 cm³/mol. The van der Waals surface area contributed by atoms with Gasteiger partial charge in [-0.1, -0.05) is 12.1 Å². The summed E-state index contributed by atoms with van der Waals surface area (Å²) in [5, 5.41) is 3.36. The summed E-state index contributed by atoms with van der Waals surface area (Å²) in [6, 6.07) is 16.2. The lowest BCUT2D eigenvalue weighted by molar-refractivity contribution is 0.457. The van der Waals surface area contributed by atoms with Crippen molar-refractivity contribution in [2.75, 3.05) is 5.32 Å². The number of halogens is 1. The first kappa shape index (κ1) is 13.3. The smallest absolute Gasteiger partial charge is 0.145 e. The molecule has 1 N–H and O–H groups in total. The topological polar surface area (TPSA) is 34.1 Å². The summed E-state index contributed by atoms with van der Waals surface area (Å²) in [7, 11) is 0. The van der Waals surface area contributed by atoms with Gasteiger partial charge < -0.3 is 10.1 Å². The fraction of sp³-hybridized carbons (Fsp3) is 0.0556. The Balaban J connectivity index is 1.65. The van der Waals surface area contributed by atoms with Crippen LogP contribution in [-0.4, -0.2) is 4.98 Å². The molecule has 1 aliphatic rings. The van der Waals surface area contributed by atoms with Gasteiger partial charge in [-0.05, 0) is 52.3 Å². The standard InChI is InChI=1S/C18H13BrN2O/c19-16-5-1-3-12-9-13-10-14(6-7-17(13)22-18(12)16)21-15-4-2-8-20-11-15/h1-8,10-11,21H,9H2. The lowest BCUT2D eigenvalue weighted by Gasteiger charge is -2.22. The summed E-state index contributed by atoms with van der Waals surface area (Å²) in [6.07, 6.45) is 4.44. The second-order valence-electron chi connectivity index (χ2n) is 5.20. The van der Waals surface area contributed by atoms with Gasteiger partial charge in [0.05, 0.1) is 16.4 Å². The minimum atomic E-state index is 0.868. The lowest BCUT2D eigenvalue weighted by atomic mass is 10.00. The highest BCUT2D eigenvalue weighted by molar-refractivity contribution is 9.10. The van der Waals surface area contributed by atoms with Crippen LogP contribution in [0.4, 0.5) is 11.4 Å². The molecule has 3 aromatic rings. The predicted octanol–water partition coefficient (Wildman–Crippen LogP) is 5.28. The Kier molecular flexibility index (Phi) is 3.31. The van der Waals surface area contributed by atoms with Crippen molar-refractivity contribution in [2.45, 2.75) is 6.42 Å². The molecule has 0 spiro atoms. The molecule has 108 valence electrons. The molecule has 0 aliphatic carbocycles. The van der Waals surface area contributed by atoms with Crippen LogP contribution < -0.4 is 10.1 Å². The molecule has 0 unspecified atom stereocenters. The van der Waals surface area contributed by atoms with Gasteiger partial charge in [-0.3, -0.25) is 4.98 Å². The number of benzene rings is 2. The number of pyridine rings is 1. The van der Waals surface area contributed by atoms with E-state index in [-0.39, 0.29) is 0 Å². The van der Waals surface area contributed by atoms with Crippen molar-refractivity contribution in [1.82, 2.24) is 4.98 Å². The van der Waals surface area contributed by atoms with E-state index >= 15 is 0 Å². The van der Waals surface area contributed by atoms with Crippen molar-refractivity contribution in [1.29, 1.82) is 0 Å². The van der Waals surface area contributed by atoms with Crippen molar-refractivity contribution in [3.8, 4) is 11.5 Å². The SMILES string of the molecule is Brc1cccc2c1Oc1ccc(Nc3cccnc3)cc1C2. The lowest BCUT2D eigenvalue weighted by Crippen LogP contribution is -2.04. The third kappa shape index (κ3) is 2.46. The van der Waals surface area contributed by atoms with Crippen LogP contribution in [0, 0.1) is 0 Å². The van der Waals surface area contributed by atoms with Crippen LogP contribution in [0.15, 0.2) is 65.4 Å². The Morgan fingerprint density at radius 1 is 1.00 bits per heavy atom. The number of hydrogen-bond acceptors (Lipinski definition) is 3. The third-order valence-corrected chi connectivity index (χ3v) is 4.28. The van der Waals surface area contributed by atoms with E-state index < -0.39 is 0 Å². The quantitative estimate of drug-likeness (QED) is 0.532. The zero-order valence-corrected chi connectivity index (χ0v) is 13.3. The van der Waals surface area contributed by atoms with Crippen molar-refractivity contribution in [3.05, 3.63) is 76.5 Å². The summed E-state index contributed by atoms with van der Waals surface area (Å²) in [5.41, 5.74) is 4.39.